The molecule has 1 heterocycles. The first-order valence-corrected chi connectivity index (χ1v) is 8.69. The van der Waals surface area contributed by atoms with Gasteiger partial charge in [0.15, 0.2) is 11.0 Å². The highest BCUT2D eigenvalue weighted by Gasteiger charge is 2.14. The highest BCUT2D eigenvalue weighted by molar-refractivity contribution is 7.99. The van der Waals surface area contributed by atoms with E-state index in [0.717, 1.165) is 0 Å². The molecule has 0 aliphatic carbocycles. The van der Waals surface area contributed by atoms with Gasteiger partial charge in [-0.25, -0.2) is 0 Å². The molecule has 0 aliphatic heterocycles. The molecule has 0 saturated heterocycles. The van der Waals surface area contributed by atoms with Gasteiger partial charge in [0.1, 0.15) is 6.61 Å². The van der Waals surface area contributed by atoms with Crippen molar-refractivity contribution in [1.29, 1.82) is 0 Å². The first-order chi connectivity index (χ1) is 11.6. The number of hydrogen-bond acceptors (Lipinski definition) is 5. The fraction of sp³-hybridized carbons (Fsp3) is 0.267. The lowest BCUT2D eigenvalue weighted by Crippen LogP contribution is -2.15. The van der Waals surface area contributed by atoms with Crippen molar-refractivity contribution in [3.63, 3.8) is 0 Å². The number of amides is 1. The highest BCUT2D eigenvalue weighted by Crippen LogP contribution is 2.29. The average Bonchev–Trinajstić information content (AvgIpc) is 2.93. The molecule has 1 aromatic heterocycles. The number of rotatable bonds is 8. The van der Waals surface area contributed by atoms with E-state index in [1.54, 1.807) is 31.4 Å². The van der Waals surface area contributed by atoms with Gasteiger partial charge >= 0.3 is 0 Å². The van der Waals surface area contributed by atoms with Crippen LogP contribution in [0.5, 0.6) is 0 Å². The molecule has 24 heavy (non-hydrogen) atoms. The standard InChI is InChI=1S/C15H16Cl2N4O2S/c1-3-7-21-12(8-23-2)19-20-15(21)24-9-13(22)18-11-6-4-5-10(16)14(11)17/h3-6H,1,7-9H2,2H3,(H,18,22). The van der Waals surface area contributed by atoms with Crippen molar-refractivity contribution in [2.24, 2.45) is 0 Å². The number of hydrogen-bond donors (Lipinski definition) is 1. The second-order valence-electron chi connectivity index (χ2n) is 4.67. The van der Waals surface area contributed by atoms with E-state index in [-0.39, 0.29) is 11.7 Å². The van der Waals surface area contributed by atoms with E-state index in [4.69, 9.17) is 27.9 Å². The van der Waals surface area contributed by atoms with Crippen molar-refractivity contribution < 1.29 is 9.53 Å². The number of benzene rings is 1. The Morgan fingerprint density at radius 3 is 2.96 bits per heavy atom. The number of nitrogens with zero attached hydrogens (tertiary/aromatic N) is 3. The van der Waals surface area contributed by atoms with Gasteiger partial charge in [-0.2, -0.15) is 0 Å². The Hall–Kier alpha value is -1.54. The summed E-state index contributed by atoms with van der Waals surface area (Å²) in [5.41, 5.74) is 0.474. The number of allylic oxidation sites excluding steroid dienone is 1. The van der Waals surface area contributed by atoms with Gasteiger partial charge in [-0.3, -0.25) is 4.79 Å². The Bertz CT molecular complexity index is 736. The van der Waals surface area contributed by atoms with Gasteiger partial charge < -0.3 is 14.6 Å². The van der Waals surface area contributed by atoms with E-state index < -0.39 is 0 Å². The van der Waals surface area contributed by atoms with Crippen LogP contribution in [-0.4, -0.2) is 33.5 Å². The molecule has 1 aromatic carbocycles. The number of halogens is 2. The van der Waals surface area contributed by atoms with E-state index in [9.17, 15) is 4.79 Å². The predicted octanol–water partition coefficient (Wildman–Crippen LogP) is 3.65. The monoisotopic (exact) mass is 386 g/mol. The molecule has 6 nitrogen and oxygen atoms in total. The lowest BCUT2D eigenvalue weighted by Gasteiger charge is -2.09. The summed E-state index contributed by atoms with van der Waals surface area (Å²) in [6, 6.07) is 5.06. The van der Waals surface area contributed by atoms with Crippen LogP contribution in [-0.2, 0) is 22.7 Å². The minimum Gasteiger partial charge on any atom is -0.377 e. The van der Waals surface area contributed by atoms with Gasteiger partial charge in [-0.15, -0.1) is 16.8 Å². The second-order valence-corrected chi connectivity index (χ2v) is 6.40. The van der Waals surface area contributed by atoms with E-state index in [1.807, 2.05) is 4.57 Å². The van der Waals surface area contributed by atoms with Crippen LogP contribution in [0.25, 0.3) is 0 Å². The van der Waals surface area contributed by atoms with Crippen LogP contribution in [0, 0.1) is 0 Å². The molecule has 2 rings (SSSR count). The largest absolute Gasteiger partial charge is 0.377 e. The highest BCUT2D eigenvalue weighted by atomic mass is 35.5. The Kier molecular flexibility index (Phi) is 7.11. The summed E-state index contributed by atoms with van der Waals surface area (Å²) in [7, 11) is 1.59. The Labute approximate surface area is 154 Å². The van der Waals surface area contributed by atoms with E-state index in [0.29, 0.717) is 39.9 Å². The lowest BCUT2D eigenvalue weighted by molar-refractivity contribution is -0.113. The molecule has 0 spiro atoms. The van der Waals surface area contributed by atoms with Crippen LogP contribution in [0.1, 0.15) is 5.82 Å². The lowest BCUT2D eigenvalue weighted by atomic mass is 10.3. The fourth-order valence-corrected chi connectivity index (χ4v) is 3.01. The molecular formula is C15H16Cl2N4O2S. The van der Waals surface area contributed by atoms with E-state index in [1.165, 1.54) is 11.8 Å². The maximum atomic E-state index is 12.1. The van der Waals surface area contributed by atoms with Gasteiger partial charge in [0.05, 0.1) is 21.5 Å². The summed E-state index contributed by atoms with van der Waals surface area (Å²) in [5.74, 6) is 0.620. The zero-order chi connectivity index (χ0) is 17.5. The van der Waals surface area contributed by atoms with E-state index in [2.05, 4.69) is 22.1 Å². The molecule has 0 atom stereocenters. The van der Waals surface area contributed by atoms with Crippen LogP contribution >= 0.6 is 35.0 Å². The second kappa shape index (κ2) is 9.08. The number of aromatic nitrogens is 3. The number of anilines is 1. The van der Waals surface area contributed by atoms with Crippen molar-refractivity contribution >= 4 is 46.6 Å². The Morgan fingerprint density at radius 1 is 1.46 bits per heavy atom. The topological polar surface area (TPSA) is 69.0 Å². The summed E-state index contributed by atoms with van der Waals surface area (Å²) in [4.78, 5) is 12.1. The summed E-state index contributed by atoms with van der Waals surface area (Å²) in [6.45, 7) is 4.59. The number of ether oxygens (including phenoxy) is 1. The average molecular weight is 387 g/mol. The van der Waals surface area contributed by atoms with Crippen molar-refractivity contribution in [1.82, 2.24) is 14.8 Å². The van der Waals surface area contributed by atoms with Crippen molar-refractivity contribution in [2.45, 2.75) is 18.3 Å². The normalized spacial score (nSPS) is 10.6. The molecule has 128 valence electrons. The summed E-state index contributed by atoms with van der Waals surface area (Å²) in [5, 5.41) is 12.2. The third kappa shape index (κ3) is 4.73. The zero-order valence-electron chi connectivity index (χ0n) is 13.0. The van der Waals surface area contributed by atoms with Crippen molar-refractivity contribution in [2.75, 3.05) is 18.2 Å². The Morgan fingerprint density at radius 2 is 2.25 bits per heavy atom. The third-order valence-electron chi connectivity index (χ3n) is 2.94. The van der Waals surface area contributed by atoms with Crippen molar-refractivity contribution in [3.05, 3.63) is 46.7 Å². The number of nitrogens with one attached hydrogen (secondary N) is 1. The van der Waals surface area contributed by atoms with Crippen LogP contribution in [0.3, 0.4) is 0 Å². The van der Waals surface area contributed by atoms with E-state index >= 15 is 0 Å². The quantitative estimate of drug-likeness (QED) is 0.553. The molecule has 0 unspecified atom stereocenters. The smallest absolute Gasteiger partial charge is 0.234 e. The summed E-state index contributed by atoms with van der Waals surface area (Å²) >= 11 is 13.3. The number of carbonyl (C=O) groups excluding carboxylic acids is 1. The number of methoxy groups -OCH3 is 1. The van der Waals surface area contributed by atoms with Crippen LogP contribution in [0.15, 0.2) is 36.0 Å². The summed E-state index contributed by atoms with van der Waals surface area (Å²) in [6.07, 6.45) is 1.73. The van der Waals surface area contributed by atoms with Gasteiger partial charge in [-0.05, 0) is 12.1 Å². The van der Waals surface area contributed by atoms with Gasteiger partial charge in [-0.1, -0.05) is 47.1 Å². The maximum Gasteiger partial charge on any atom is 0.234 e. The third-order valence-corrected chi connectivity index (χ3v) is 4.72. The van der Waals surface area contributed by atoms with Crippen LogP contribution in [0.2, 0.25) is 10.0 Å². The van der Waals surface area contributed by atoms with Gasteiger partial charge in [0, 0.05) is 13.7 Å². The minimum absolute atomic E-state index is 0.158. The zero-order valence-corrected chi connectivity index (χ0v) is 15.3. The maximum absolute atomic E-state index is 12.1. The molecule has 9 heteroatoms. The summed E-state index contributed by atoms with van der Waals surface area (Å²) < 4.78 is 6.93. The molecule has 1 amide bonds. The first-order valence-electron chi connectivity index (χ1n) is 6.95. The van der Waals surface area contributed by atoms with Gasteiger partial charge in [0.25, 0.3) is 0 Å². The Balaban J connectivity index is 2.01. The molecule has 0 radical (unpaired) electrons. The number of thioether (sulfide) groups is 1. The number of carbonyl (C=O) groups is 1. The minimum atomic E-state index is -0.217. The van der Waals surface area contributed by atoms with Crippen molar-refractivity contribution in [3.8, 4) is 0 Å². The first kappa shape index (κ1) is 18.8. The molecule has 2 aromatic rings. The van der Waals surface area contributed by atoms with Crippen LogP contribution in [0.4, 0.5) is 5.69 Å². The molecule has 0 fully saturated rings. The fourth-order valence-electron chi connectivity index (χ4n) is 1.89. The molecular weight excluding hydrogens is 371 g/mol. The molecule has 0 bridgehead atoms. The molecule has 1 N–H and O–H groups in total. The SMILES string of the molecule is C=CCn1c(COC)nnc1SCC(=O)Nc1cccc(Cl)c1Cl. The molecule has 0 aliphatic rings. The molecule has 0 saturated carbocycles. The van der Waals surface area contributed by atoms with Crippen LogP contribution < -0.4 is 5.32 Å². The van der Waals surface area contributed by atoms with Gasteiger partial charge in [0.2, 0.25) is 5.91 Å². The predicted molar refractivity (Wildman–Crippen MR) is 96.7 cm³/mol.